The molecule has 3 fully saturated rings. The van der Waals surface area contributed by atoms with Crippen molar-refractivity contribution in [3.05, 3.63) is 35.9 Å². The number of fused-ring (bicyclic) bond motifs is 1. The van der Waals surface area contributed by atoms with Crippen LogP contribution in [0.1, 0.15) is 50.2 Å². The Hall–Kier alpha value is -2.95. The number of nitrogens with zero attached hydrogens (tertiary/aromatic N) is 7. The maximum atomic E-state index is 13.1. The van der Waals surface area contributed by atoms with E-state index in [1.807, 2.05) is 15.8 Å². The van der Waals surface area contributed by atoms with Gasteiger partial charge in [0.15, 0.2) is 11.9 Å². The quantitative estimate of drug-likeness (QED) is 0.546. The minimum absolute atomic E-state index is 0.0291. The predicted molar refractivity (Wildman–Crippen MR) is 124 cm³/mol. The number of hydrogen-bond acceptors (Lipinski definition) is 7. The third kappa shape index (κ3) is 3.99. The number of halogens is 3. The van der Waals surface area contributed by atoms with Gasteiger partial charge < -0.3 is 14.5 Å². The molecule has 0 aromatic carbocycles. The molecule has 6 heterocycles. The van der Waals surface area contributed by atoms with Crippen molar-refractivity contribution in [2.24, 2.45) is 5.41 Å². The summed E-state index contributed by atoms with van der Waals surface area (Å²) in [6, 6.07) is 2.78. The summed E-state index contributed by atoms with van der Waals surface area (Å²) >= 11 is 0. The van der Waals surface area contributed by atoms with Crippen LogP contribution in [0.4, 0.5) is 24.8 Å². The summed E-state index contributed by atoms with van der Waals surface area (Å²) < 4.78 is 47.1. The number of aromatic nitrogens is 5. The van der Waals surface area contributed by atoms with Crippen molar-refractivity contribution in [2.45, 2.75) is 51.4 Å². The van der Waals surface area contributed by atoms with Crippen LogP contribution in [-0.2, 0) is 17.3 Å². The van der Waals surface area contributed by atoms with Crippen molar-refractivity contribution in [1.82, 2.24) is 24.7 Å². The van der Waals surface area contributed by atoms with Gasteiger partial charge in [-0.25, -0.2) is 9.67 Å². The van der Waals surface area contributed by atoms with E-state index in [0.717, 1.165) is 74.6 Å². The van der Waals surface area contributed by atoms with Gasteiger partial charge in [0.05, 0.1) is 11.1 Å². The molecule has 0 saturated carbocycles. The monoisotopic (exact) mass is 487 g/mol. The van der Waals surface area contributed by atoms with Crippen LogP contribution < -0.4 is 9.80 Å². The average Bonchev–Trinajstić information content (AvgIpc) is 3.45. The van der Waals surface area contributed by atoms with Crippen LogP contribution in [0.5, 0.6) is 0 Å². The van der Waals surface area contributed by atoms with Crippen LogP contribution in [0.25, 0.3) is 11.0 Å². The Balaban J connectivity index is 1.20. The number of hydrogen-bond donors (Lipinski definition) is 0. The predicted octanol–water partition coefficient (Wildman–Crippen LogP) is 4.22. The molecule has 3 aliphatic rings. The van der Waals surface area contributed by atoms with Crippen molar-refractivity contribution in [3.63, 3.8) is 0 Å². The minimum atomic E-state index is -4.44. The van der Waals surface area contributed by atoms with E-state index in [9.17, 15) is 13.2 Å². The molecule has 1 unspecified atom stereocenters. The zero-order chi connectivity index (χ0) is 24.2. The van der Waals surface area contributed by atoms with Gasteiger partial charge in [-0.2, -0.15) is 23.3 Å². The average molecular weight is 488 g/mol. The molecule has 0 bridgehead atoms. The molecule has 0 radical (unpaired) electrons. The number of pyridine rings is 1. The fourth-order valence-electron chi connectivity index (χ4n) is 5.59. The normalized spacial score (nSPS) is 22.2. The molecule has 6 rings (SSSR count). The van der Waals surface area contributed by atoms with Gasteiger partial charge in [0.1, 0.15) is 5.69 Å². The van der Waals surface area contributed by atoms with E-state index in [1.54, 1.807) is 6.07 Å². The molecule has 0 aliphatic carbocycles. The molecule has 0 amide bonds. The van der Waals surface area contributed by atoms with Gasteiger partial charge in [-0.3, -0.25) is 4.98 Å². The molecular weight excluding hydrogens is 459 g/mol. The third-order valence-corrected chi connectivity index (χ3v) is 7.45. The molecule has 1 atom stereocenters. The highest BCUT2D eigenvalue weighted by atomic mass is 19.4. The van der Waals surface area contributed by atoms with Crippen LogP contribution in [0.3, 0.4) is 0 Å². The Morgan fingerprint density at radius 3 is 2.71 bits per heavy atom. The Morgan fingerprint density at radius 1 is 1.14 bits per heavy atom. The van der Waals surface area contributed by atoms with Crippen molar-refractivity contribution >= 4 is 22.7 Å². The molecule has 35 heavy (non-hydrogen) atoms. The van der Waals surface area contributed by atoms with Crippen molar-refractivity contribution in [2.75, 3.05) is 42.6 Å². The van der Waals surface area contributed by atoms with Crippen LogP contribution in [-0.4, -0.2) is 57.5 Å². The molecule has 186 valence electrons. The first-order valence-corrected chi connectivity index (χ1v) is 12.2. The zero-order valence-corrected chi connectivity index (χ0v) is 19.6. The van der Waals surface area contributed by atoms with E-state index in [0.29, 0.717) is 24.7 Å². The largest absolute Gasteiger partial charge is 0.433 e. The summed E-state index contributed by atoms with van der Waals surface area (Å²) in [6.45, 7) is 5.83. The van der Waals surface area contributed by atoms with Crippen molar-refractivity contribution < 1.29 is 17.9 Å². The lowest BCUT2D eigenvalue weighted by atomic mass is 9.79. The number of alkyl halides is 3. The van der Waals surface area contributed by atoms with Crippen molar-refractivity contribution in [1.29, 1.82) is 0 Å². The maximum Gasteiger partial charge on any atom is 0.433 e. The molecule has 3 aromatic heterocycles. The fraction of sp³-hybridized carbons (Fsp3) is 0.583. The molecular formula is C24H28F3N7O. The second-order valence-electron chi connectivity index (χ2n) is 9.90. The van der Waals surface area contributed by atoms with Crippen LogP contribution in [0.2, 0.25) is 0 Å². The molecule has 11 heteroatoms. The van der Waals surface area contributed by atoms with E-state index < -0.39 is 11.9 Å². The van der Waals surface area contributed by atoms with Gasteiger partial charge in [0, 0.05) is 56.3 Å². The summed E-state index contributed by atoms with van der Waals surface area (Å²) in [5.41, 5.74) is 1.53. The third-order valence-electron chi connectivity index (χ3n) is 7.45. The SMILES string of the molecule is CCc1nn(C2CCCCO2)c2nc(N3CCC4(CN(c5ccnc(C(F)(F)F)c5)C4)C3)ncc12. The minimum Gasteiger partial charge on any atom is -0.370 e. The Morgan fingerprint density at radius 2 is 1.97 bits per heavy atom. The first-order valence-electron chi connectivity index (χ1n) is 12.2. The topological polar surface area (TPSA) is 72.2 Å². The molecule has 3 saturated heterocycles. The lowest BCUT2D eigenvalue weighted by molar-refractivity contribution is -0.141. The van der Waals surface area contributed by atoms with Gasteiger partial charge in [-0.15, -0.1) is 0 Å². The maximum absolute atomic E-state index is 13.1. The van der Waals surface area contributed by atoms with Crippen LogP contribution in [0.15, 0.2) is 24.5 Å². The van der Waals surface area contributed by atoms with E-state index in [4.69, 9.17) is 14.8 Å². The zero-order valence-electron chi connectivity index (χ0n) is 19.6. The summed E-state index contributed by atoms with van der Waals surface area (Å²) in [6.07, 6.45) is 3.42. The Labute approximate surface area is 201 Å². The van der Waals surface area contributed by atoms with E-state index in [-0.39, 0.29) is 11.6 Å². The highest BCUT2D eigenvalue weighted by Gasteiger charge is 2.48. The smallest absolute Gasteiger partial charge is 0.370 e. The van der Waals surface area contributed by atoms with E-state index in [1.165, 1.54) is 6.20 Å². The summed E-state index contributed by atoms with van der Waals surface area (Å²) in [5, 5.41) is 5.77. The number of ether oxygens (including phenoxy) is 1. The van der Waals surface area contributed by atoms with E-state index in [2.05, 4.69) is 21.8 Å². The van der Waals surface area contributed by atoms with Gasteiger partial charge in [0.2, 0.25) is 5.95 Å². The number of anilines is 2. The van der Waals surface area contributed by atoms with Crippen molar-refractivity contribution in [3.8, 4) is 0 Å². The van der Waals surface area contributed by atoms with Gasteiger partial charge in [0.25, 0.3) is 0 Å². The number of aryl methyl sites for hydroxylation is 1. The van der Waals surface area contributed by atoms with E-state index >= 15 is 0 Å². The lowest BCUT2D eigenvalue weighted by Crippen LogP contribution is -2.57. The summed E-state index contributed by atoms with van der Waals surface area (Å²) in [5.74, 6) is 0.677. The first-order chi connectivity index (χ1) is 16.9. The fourth-order valence-corrected chi connectivity index (χ4v) is 5.59. The van der Waals surface area contributed by atoms with Gasteiger partial charge >= 0.3 is 6.18 Å². The lowest BCUT2D eigenvalue weighted by Gasteiger charge is -2.49. The second kappa shape index (κ2) is 8.32. The molecule has 3 aromatic rings. The summed E-state index contributed by atoms with van der Waals surface area (Å²) in [7, 11) is 0. The Kier molecular flexibility index (Phi) is 5.35. The first kappa shape index (κ1) is 22.5. The second-order valence-corrected chi connectivity index (χ2v) is 9.90. The molecule has 1 spiro atoms. The van der Waals surface area contributed by atoms with Gasteiger partial charge in [-0.1, -0.05) is 6.92 Å². The highest BCUT2D eigenvalue weighted by molar-refractivity contribution is 5.78. The summed E-state index contributed by atoms with van der Waals surface area (Å²) in [4.78, 5) is 17.3. The molecule has 3 aliphatic heterocycles. The van der Waals surface area contributed by atoms with Gasteiger partial charge in [-0.05, 0) is 44.2 Å². The number of rotatable bonds is 4. The van der Waals surface area contributed by atoms with Crippen LogP contribution >= 0.6 is 0 Å². The molecule has 8 nitrogen and oxygen atoms in total. The molecule has 0 N–H and O–H groups in total. The standard InChI is InChI=1S/C24H28F3N7O/c1-2-18-17-12-29-22(30-21(17)34(31-18)20-5-3-4-10-35-20)32-9-7-23(13-32)14-33(15-23)16-6-8-28-19(11-16)24(25,26)27/h6,8,11-12,20H,2-5,7,9-10,13-15H2,1H3. The highest BCUT2D eigenvalue weighted by Crippen LogP contribution is 2.43. The Bertz CT molecular complexity index is 1230. The van der Waals surface area contributed by atoms with Crippen LogP contribution in [0, 0.1) is 5.41 Å².